The summed E-state index contributed by atoms with van der Waals surface area (Å²) in [5.74, 6) is -24.0. The van der Waals surface area contributed by atoms with Crippen LogP contribution >= 0.6 is 0 Å². The van der Waals surface area contributed by atoms with E-state index in [1.165, 1.54) is 63.3 Å². The number of benzene rings is 9. The third-order valence-electron chi connectivity index (χ3n) is 22.2. The van der Waals surface area contributed by atoms with Crippen LogP contribution in [0.15, 0.2) is 317 Å². The minimum atomic E-state index is -5.98. The van der Waals surface area contributed by atoms with E-state index in [9.17, 15) is 87.5 Å². The van der Waals surface area contributed by atoms with Crippen LogP contribution in [0, 0.1) is 35.0 Å². The molecule has 16 rings (SSSR count). The topological polar surface area (TPSA) is 101 Å². The molecule has 2 saturated heterocycles. The van der Waals surface area contributed by atoms with E-state index in [-0.39, 0.29) is 111 Å². The lowest BCUT2D eigenvalue weighted by atomic mass is 9.49. The number of ether oxygens (including phenoxy) is 1. The van der Waals surface area contributed by atoms with Gasteiger partial charge in [0.15, 0.2) is 50.2 Å². The van der Waals surface area contributed by atoms with Crippen LogP contribution in [0.5, 0.6) is 0 Å². The summed E-state index contributed by atoms with van der Waals surface area (Å²) in [6, 6.07) is 96.5. The molecular formula is C92H100F15N2O6S5+3. The highest BCUT2D eigenvalue weighted by molar-refractivity contribution is 7.97. The van der Waals surface area contributed by atoms with Crippen molar-refractivity contribution in [2.75, 3.05) is 32.8 Å². The summed E-state index contributed by atoms with van der Waals surface area (Å²) in [6.07, 6.45) is 8.17. The van der Waals surface area contributed by atoms with Crippen molar-refractivity contribution in [1.82, 2.24) is 8.61 Å². The Morgan fingerprint density at radius 2 is 0.633 bits per heavy atom. The van der Waals surface area contributed by atoms with Gasteiger partial charge < -0.3 is 4.74 Å². The van der Waals surface area contributed by atoms with Crippen molar-refractivity contribution in [3.63, 3.8) is 0 Å². The van der Waals surface area contributed by atoms with E-state index in [1.807, 2.05) is 0 Å². The number of piperidine rings is 2. The molecule has 4 bridgehead atoms. The number of hydrogen-bond donors (Lipinski definition) is 0. The van der Waals surface area contributed by atoms with E-state index in [0.717, 1.165) is 38.5 Å². The van der Waals surface area contributed by atoms with E-state index in [0.29, 0.717) is 37.5 Å². The monoisotopic (exact) mass is 1770 g/mol. The first kappa shape index (κ1) is 94.5. The maximum Gasteiger partial charge on any atom is 0.427 e. The van der Waals surface area contributed by atoms with Gasteiger partial charge in [-0.1, -0.05) is 189 Å². The average Bonchev–Trinajstić information content (AvgIpc) is 0.738. The predicted octanol–water partition coefficient (Wildman–Crippen LogP) is 24.9. The summed E-state index contributed by atoms with van der Waals surface area (Å²) in [5, 5.41) is -11.7. The normalized spacial score (nSPS) is 20.6. The van der Waals surface area contributed by atoms with E-state index in [2.05, 4.69) is 273 Å². The molecule has 3 atom stereocenters. The van der Waals surface area contributed by atoms with Crippen LogP contribution in [0.2, 0.25) is 0 Å². The Morgan fingerprint density at radius 1 is 0.375 bits per heavy atom. The predicted molar refractivity (Wildman–Crippen MR) is 442 cm³/mol. The molecule has 5 aliphatic carbocycles. The fraction of sp³-hybridized carbons (Fsp3) is 0.402. The summed E-state index contributed by atoms with van der Waals surface area (Å²) < 4.78 is 249. The van der Waals surface area contributed by atoms with Crippen LogP contribution < -0.4 is 0 Å². The number of rotatable bonds is 22. The van der Waals surface area contributed by atoms with Gasteiger partial charge in [-0.2, -0.15) is 61.3 Å². The standard InChI is InChI=1S/3C18H15S.C16H23F3O2.C13H19F6NO2S.C9H13F6NO2S/c3*1-4-10-16(11-5-1)19(17-12-6-2-7-13-17)18-14-8-3-9-15-18;1-15(18,19)13(17)2-3-21-14(20)16-7-10-4-11(8-16)6-12(5-10)9-16;1-11(14,15)12(16,17)13(18,19)23(21,22)20-7-6-9-4-2-3-5-10(9)8-20;1-7(10,11)8(12,13)9(14,15)19(17,18)16-5-3-2-4-6-16/h3*1-15H;10-13H,2-9H2,1H3;9-10H,2-8H2,1H3;2-6H2,1H3/q3*+1;;;. The molecule has 120 heavy (non-hydrogen) atoms. The Bertz CT molecular complexity index is 4240. The van der Waals surface area contributed by atoms with Gasteiger partial charge in [-0.25, -0.2) is 30.0 Å². The Morgan fingerprint density at radius 3 is 0.892 bits per heavy atom. The summed E-state index contributed by atoms with van der Waals surface area (Å²) in [5.41, 5.74) is -0.394. The van der Waals surface area contributed by atoms with Crippen LogP contribution in [0.4, 0.5) is 65.9 Å². The minimum absolute atomic E-state index is 0.0146. The molecule has 3 unspecified atom stereocenters. The van der Waals surface area contributed by atoms with Gasteiger partial charge in [0, 0.05) is 53.4 Å². The lowest BCUT2D eigenvalue weighted by molar-refractivity contribution is -0.272. The summed E-state index contributed by atoms with van der Waals surface area (Å²) in [6.45, 7) is -1.94. The van der Waals surface area contributed by atoms with Crippen LogP contribution in [-0.4, -0.2) is 110 Å². The van der Waals surface area contributed by atoms with Crippen molar-refractivity contribution >= 4 is 58.7 Å². The zero-order valence-corrected chi connectivity index (χ0v) is 70.7. The highest BCUT2D eigenvalue weighted by Gasteiger charge is 2.78. The highest BCUT2D eigenvalue weighted by Crippen LogP contribution is 2.61. The summed E-state index contributed by atoms with van der Waals surface area (Å²) >= 11 is 0. The van der Waals surface area contributed by atoms with Crippen LogP contribution in [-0.2, 0) is 62.3 Å². The summed E-state index contributed by atoms with van der Waals surface area (Å²) in [4.78, 5) is 24.6. The molecule has 2 heterocycles. The molecule has 7 aliphatic rings. The number of carbonyl (C=O) groups excluding carboxylic acids is 1. The van der Waals surface area contributed by atoms with E-state index < -0.39 is 92.0 Å². The van der Waals surface area contributed by atoms with Gasteiger partial charge in [-0.15, -0.1) is 0 Å². The molecule has 2 aliphatic heterocycles. The lowest BCUT2D eigenvalue weighted by Crippen LogP contribution is -2.61. The number of nitrogens with zero attached hydrogens (tertiary/aromatic N) is 2. The SMILES string of the molecule is CC(F)(F)C(F)(F)C(F)(F)S(=O)(=O)N1CCC2CCCCC2C1.CC(F)(F)C(F)(F)C(F)(F)S(=O)(=O)N1CCCCC1.CC(F)(F)C(F)CCOC(=O)C12CC3CC(CC(C3)C1)C2.c1ccc([S+](c2ccccc2)c2ccccc2)cc1.c1ccc([S+](c2ccccc2)c2ccccc2)cc1.c1ccc([S+](c2ccccc2)c2ccccc2)cc1. The Hall–Kier alpha value is -7.73. The second-order valence-corrected chi connectivity index (χ2v) is 41.2. The summed E-state index contributed by atoms with van der Waals surface area (Å²) in [7, 11) is -11.8. The smallest absolute Gasteiger partial charge is 0.427 e. The quantitative estimate of drug-likeness (QED) is 0.0381. The number of sulfonamides is 2. The molecule has 9 aromatic rings. The lowest BCUT2D eigenvalue weighted by Gasteiger charge is -2.55. The minimum Gasteiger partial charge on any atom is -0.465 e. The average molecular weight is 1780 g/mol. The first-order chi connectivity index (χ1) is 56.8. The molecule has 9 aromatic carbocycles. The number of esters is 1. The van der Waals surface area contributed by atoms with Gasteiger partial charge in [0.05, 0.1) is 44.7 Å². The molecule has 0 N–H and O–H groups in total. The molecule has 5 saturated carbocycles. The van der Waals surface area contributed by atoms with Crippen molar-refractivity contribution < 1.29 is 92.2 Å². The van der Waals surface area contributed by atoms with Gasteiger partial charge in [-0.3, -0.25) is 4.79 Å². The van der Waals surface area contributed by atoms with Crippen LogP contribution in [0.25, 0.3) is 0 Å². The molecule has 646 valence electrons. The number of halogens is 15. The molecule has 7 fully saturated rings. The highest BCUT2D eigenvalue weighted by atomic mass is 32.2. The zero-order chi connectivity index (χ0) is 86.8. The van der Waals surface area contributed by atoms with Gasteiger partial charge in [0.1, 0.15) is 0 Å². The zero-order valence-electron chi connectivity index (χ0n) is 66.6. The molecule has 0 radical (unpaired) electrons. The van der Waals surface area contributed by atoms with Gasteiger partial charge in [0.25, 0.3) is 26.0 Å². The second-order valence-electron chi connectivity index (χ2n) is 31.2. The van der Waals surface area contributed by atoms with Crippen molar-refractivity contribution in [2.24, 2.45) is 35.0 Å². The van der Waals surface area contributed by atoms with Crippen LogP contribution in [0.3, 0.4) is 0 Å². The fourth-order valence-corrected chi connectivity index (χ4v) is 25.7. The third-order valence-corrected chi connectivity index (χ3v) is 32.7. The van der Waals surface area contributed by atoms with Crippen molar-refractivity contribution in [1.29, 1.82) is 0 Å². The van der Waals surface area contributed by atoms with Gasteiger partial charge in [-0.05, 0) is 203 Å². The Balaban J connectivity index is 0.000000151. The fourth-order valence-electron chi connectivity index (χ4n) is 16.3. The number of hydrogen-bond acceptors (Lipinski definition) is 6. The van der Waals surface area contributed by atoms with E-state index in [4.69, 9.17) is 4.74 Å². The van der Waals surface area contributed by atoms with Gasteiger partial charge >= 0.3 is 40.2 Å². The Labute approximate surface area is 703 Å². The van der Waals surface area contributed by atoms with E-state index in [1.54, 1.807) is 0 Å². The van der Waals surface area contributed by atoms with E-state index >= 15 is 0 Å². The molecule has 0 aromatic heterocycles. The molecule has 28 heteroatoms. The number of fused-ring (bicyclic) bond motifs is 1. The largest absolute Gasteiger partial charge is 0.465 e. The number of alkyl halides is 15. The third kappa shape index (κ3) is 23.0. The van der Waals surface area contributed by atoms with Gasteiger partial charge in [0.2, 0.25) is 0 Å². The van der Waals surface area contributed by atoms with Crippen molar-refractivity contribution in [3.05, 3.63) is 273 Å². The Kier molecular flexibility index (Phi) is 32.4. The molecule has 0 spiro atoms. The molecule has 0 amide bonds. The maximum absolute atomic E-state index is 13.8. The first-order valence-electron chi connectivity index (χ1n) is 39.9. The maximum atomic E-state index is 13.8. The van der Waals surface area contributed by atoms with Crippen molar-refractivity contribution in [3.8, 4) is 0 Å². The molecule has 8 nitrogen and oxygen atoms in total. The molecular weight excluding hydrogens is 1670 g/mol. The number of carbonyl (C=O) groups is 1. The first-order valence-corrected chi connectivity index (χ1v) is 46.5. The second kappa shape index (κ2) is 41.2. The van der Waals surface area contributed by atoms with Crippen molar-refractivity contribution in [2.45, 2.75) is 207 Å². The van der Waals surface area contributed by atoms with Crippen LogP contribution in [0.1, 0.15) is 117 Å².